The van der Waals surface area contributed by atoms with Crippen molar-refractivity contribution in [3.8, 4) is 0 Å². The third kappa shape index (κ3) is 7.83. The van der Waals surface area contributed by atoms with Gasteiger partial charge in [-0.25, -0.2) is 8.78 Å². The zero-order chi connectivity index (χ0) is 26.1. The van der Waals surface area contributed by atoms with Crippen molar-refractivity contribution in [2.24, 2.45) is 0 Å². The maximum absolute atomic E-state index is 14.5. The minimum absolute atomic E-state index is 0.00815. The van der Waals surface area contributed by atoms with Gasteiger partial charge in [0.25, 0.3) is 5.91 Å². The quantitative estimate of drug-likeness (QED) is 0.243. The molecular formula is C27H34F5N3O. The molecule has 2 N–H and O–H groups in total. The zero-order valence-corrected chi connectivity index (χ0v) is 20.5. The second kappa shape index (κ2) is 12.9. The molecule has 0 bridgehead atoms. The Bertz CT molecular complexity index is 974. The smallest absolute Gasteiger partial charge is 0.381 e. The predicted octanol–water partition coefficient (Wildman–Crippen LogP) is 7.50. The molecule has 0 aliphatic carbocycles. The SMILES string of the molecule is CCCCC[C@@H](F)[C@H](F)C(=O)Nc1ccc(NCc2ccc(C(F)(F)F)cc2)cc1N1CCCCC1. The van der Waals surface area contributed by atoms with Gasteiger partial charge in [0.05, 0.1) is 16.9 Å². The lowest BCUT2D eigenvalue weighted by Gasteiger charge is -2.31. The highest BCUT2D eigenvalue weighted by Crippen LogP contribution is 2.33. The van der Waals surface area contributed by atoms with Crippen molar-refractivity contribution >= 4 is 23.0 Å². The molecule has 0 aromatic heterocycles. The van der Waals surface area contributed by atoms with Crippen molar-refractivity contribution in [1.29, 1.82) is 0 Å². The molecule has 3 rings (SSSR count). The molecule has 0 spiro atoms. The summed E-state index contributed by atoms with van der Waals surface area (Å²) in [5.74, 6) is -0.997. The van der Waals surface area contributed by atoms with Gasteiger partial charge in [0.1, 0.15) is 6.17 Å². The largest absolute Gasteiger partial charge is 0.416 e. The molecule has 0 saturated carbocycles. The highest BCUT2D eigenvalue weighted by Gasteiger charge is 2.30. The van der Waals surface area contributed by atoms with Crippen molar-refractivity contribution in [3.05, 3.63) is 53.6 Å². The summed E-state index contributed by atoms with van der Waals surface area (Å²) in [4.78, 5) is 14.6. The van der Waals surface area contributed by atoms with Crippen LogP contribution in [0.15, 0.2) is 42.5 Å². The Hall–Kier alpha value is -2.84. The van der Waals surface area contributed by atoms with E-state index in [0.29, 0.717) is 35.6 Å². The van der Waals surface area contributed by atoms with Crippen LogP contribution in [0.4, 0.5) is 39.0 Å². The number of halogens is 5. The molecule has 2 aromatic carbocycles. The van der Waals surface area contributed by atoms with Crippen molar-refractivity contribution < 1.29 is 26.7 Å². The third-order valence-electron chi connectivity index (χ3n) is 6.38. The first-order chi connectivity index (χ1) is 17.2. The molecule has 9 heteroatoms. The van der Waals surface area contributed by atoms with Crippen LogP contribution in [0, 0.1) is 0 Å². The Morgan fingerprint density at radius 2 is 1.69 bits per heavy atom. The lowest BCUT2D eigenvalue weighted by molar-refractivity contribution is -0.137. The Kier molecular flexibility index (Phi) is 9.96. The number of alkyl halides is 5. The van der Waals surface area contributed by atoms with E-state index in [2.05, 4.69) is 15.5 Å². The van der Waals surface area contributed by atoms with Crippen LogP contribution in [0.1, 0.15) is 63.0 Å². The lowest BCUT2D eigenvalue weighted by Crippen LogP contribution is -2.34. The second-order valence-electron chi connectivity index (χ2n) is 9.23. The highest BCUT2D eigenvalue weighted by atomic mass is 19.4. The van der Waals surface area contributed by atoms with Crippen LogP contribution in [0.25, 0.3) is 0 Å². The van der Waals surface area contributed by atoms with Crippen LogP contribution in [0.5, 0.6) is 0 Å². The fourth-order valence-corrected chi connectivity index (χ4v) is 4.26. The first kappa shape index (κ1) is 27.7. The van der Waals surface area contributed by atoms with Crippen molar-refractivity contribution in [2.45, 2.75) is 76.9 Å². The van der Waals surface area contributed by atoms with Gasteiger partial charge in [-0.05, 0) is 61.6 Å². The molecule has 1 heterocycles. The van der Waals surface area contributed by atoms with E-state index >= 15 is 0 Å². The van der Waals surface area contributed by atoms with Crippen LogP contribution < -0.4 is 15.5 Å². The minimum atomic E-state index is -4.38. The van der Waals surface area contributed by atoms with E-state index < -0.39 is 30.0 Å². The maximum atomic E-state index is 14.5. The van der Waals surface area contributed by atoms with E-state index in [0.717, 1.165) is 57.3 Å². The molecule has 1 fully saturated rings. The van der Waals surface area contributed by atoms with Gasteiger partial charge in [0, 0.05) is 25.3 Å². The van der Waals surface area contributed by atoms with E-state index in [1.807, 2.05) is 13.0 Å². The number of benzene rings is 2. The van der Waals surface area contributed by atoms with E-state index in [1.54, 1.807) is 12.1 Å². The number of anilines is 3. The number of carbonyl (C=O) groups is 1. The minimum Gasteiger partial charge on any atom is -0.381 e. The summed E-state index contributed by atoms with van der Waals surface area (Å²) in [7, 11) is 0. The lowest BCUT2D eigenvalue weighted by atomic mass is 10.1. The molecule has 1 aliphatic rings. The Morgan fingerprint density at radius 1 is 1.00 bits per heavy atom. The van der Waals surface area contributed by atoms with Crippen LogP contribution in [-0.4, -0.2) is 31.3 Å². The summed E-state index contributed by atoms with van der Waals surface area (Å²) in [5, 5.41) is 5.76. The van der Waals surface area contributed by atoms with Crippen LogP contribution in [0.2, 0.25) is 0 Å². The standard InChI is InChI=1S/C27H34F5N3O/c1-2-3-5-8-22(28)25(29)26(36)34-23-14-13-21(17-24(23)35-15-6-4-7-16-35)33-18-19-9-11-20(12-10-19)27(30,31)32/h9-14,17,22,25,33H,2-8,15-16,18H2,1H3,(H,34,36)/t22-,25+/m1/s1. The number of hydrogen-bond acceptors (Lipinski definition) is 3. The normalized spacial score (nSPS) is 15.9. The molecule has 0 radical (unpaired) electrons. The predicted molar refractivity (Wildman–Crippen MR) is 134 cm³/mol. The Morgan fingerprint density at radius 3 is 2.33 bits per heavy atom. The molecule has 198 valence electrons. The summed E-state index contributed by atoms with van der Waals surface area (Å²) in [6.45, 7) is 3.81. The van der Waals surface area contributed by atoms with Gasteiger partial charge in [-0.1, -0.05) is 38.3 Å². The monoisotopic (exact) mass is 511 g/mol. The average Bonchev–Trinajstić information content (AvgIpc) is 2.88. The van der Waals surface area contributed by atoms with Gasteiger partial charge in [-0.2, -0.15) is 13.2 Å². The zero-order valence-electron chi connectivity index (χ0n) is 20.5. The molecule has 4 nitrogen and oxygen atoms in total. The Labute approximate surface area is 209 Å². The molecule has 2 aromatic rings. The molecule has 1 aliphatic heterocycles. The summed E-state index contributed by atoms with van der Waals surface area (Å²) >= 11 is 0. The average molecular weight is 512 g/mol. The van der Waals surface area contributed by atoms with Crippen molar-refractivity contribution in [1.82, 2.24) is 0 Å². The number of unbranched alkanes of at least 4 members (excludes halogenated alkanes) is 2. The van der Waals surface area contributed by atoms with Gasteiger partial charge in [0.2, 0.25) is 6.17 Å². The van der Waals surface area contributed by atoms with Crippen LogP contribution in [-0.2, 0) is 17.5 Å². The molecule has 0 unspecified atom stereocenters. The van der Waals surface area contributed by atoms with E-state index in [1.165, 1.54) is 12.1 Å². The van der Waals surface area contributed by atoms with Crippen LogP contribution in [0.3, 0.4) is 0 Å². The van der Waals surface area contributed by atoms with Crippen molar-refractivity contribution in [2.75, 3.05) is 28.6 Å². The van der Waals surface area contributed by atoms with Crippen molar-refractivity contribution in [3.63, 3.8) is 0 Å². The fraction of sp³-hybridized carbons (Fsp3) is 0.519. The molecular weight excluding hydrogens is 477 g/mol. The van der Waals surface area contributed by atoms with Gasteiger partial charge in [0.15, 0.2) is 0 Å². The number of nitrogens with zero attached hydrogens (tertiary/aromatic N) is 1. The number of rotatable bonds is 11. The van der Waals surface area contributed by atoms with Gasteiger partial charge in [-0.15, -0.1) is 0 Å². The number of carbonyl (C=O) groups excluding carboxylic acids is 1. The molecule has 36 heavy (non-hydrogen) atoms. The summed E-state index contributed by atoms with van der Waals surface area (Å²) in [6.07, 6.45) is -3.21. The number of piperidine rings is 1. The molecule has 2 atom stereocenters. The Balaban J connectivity index is 1.71. The van der Waals surface area contributed by atoms with E-state index in [4.69, 9.17) is 0 Å². The second-order valence-corrected chi connectivity index (χ2v) is 9.23. The molecule has 1 saturated heterocycles. The van der Waals surface area contributed by atoms with Crippen LogP contribution >= 0.6 is 0 Å². The van der Waals surface area contributed by atoms with Gasteiger partial charge >= 0.3 is 6.18 Å². The number of amides is 1. The van der Waals surface area contributed by atoms with Gasteiger partial charge in [-0.3, -0.25) is 4.79 Å². The van der Waals surface area contributed by atoms with E-state index in [9.17, 15) is 26.7 Å². The van der Waals surface area contributed by atoms with E-state index in [-0.39, 0.29) is 6.42 Å². The molecule has 1 amide bonds. The first-order valence-electron chi connectivity index (χ1n) is 12.6. The summed E-state index contributed by atoms with van der Waals surface area (Å²) < 4.78 is 67.1. The maximum Gasteiger partial charge on any atom is 0.416 e. The third-order valence-corrected chi connectivity index (χ3v) is 6.38. The number of hydrogen-bond donors (Lipinski definition) is 2. The fourth-order valence-electron chi connectivity index (χ4n) is 4.26. The highest BCUT2D eigenvalue weighted by molar-refractivity contribution is 5.98. The number of nitrogens with one attached hydrogen (secondary N) is 2. The summed E-state index contributed by atoms with van der Waals surface area (Å²) in [5.41, 5.74) is 1.79. The topological polar surface area (TPSA) is 44.4 Å². The van der Waals surface area contributed by atoms with Gasteiger partial charge < -0.3 is 15.5 Å². The first-order valence-corrected chi connectivity index (χ1v) is 12.6. The summed E-state index contributed by atoms with van der Waals surface area (Å²) in [6, 6.07) is 10.1.